The Morgan fingerprint density at radius 1 is 0.906 bits per heavy atom. The maximum absolute atomic E-state index is 13.9. The van der Waals surface area contributed by atoms with Crippen molar-refractivity contribution in [2.24, 2.45) is 17.8 Å². The predicted octanol–water partition coefficient (Wildman–Crippen LogP) is 8.05. The Morgan fingerprint density at radius 3 is 2.28 bits per heavy atom. The molecule has 0 amide bonds. The van der Waals surface area contributed by atoms with Crippen molar-refractivity contribution in [2.75, 3.05) is 0 Å². The van der Waals surface area contributed by atoms with Crippen LogP contribution in [0.5, 0.6) is 0 Å². The van der Waals surface area contributed by atoms with Crippen LogP contribution in [0.2, 0.25) is 0 Å². The van der Waals surface area contributed by atoms with Crippen molar-refractivity contribution in [3.8, 4) is 29.0 Å². The van der Waals surface area contributed by atoms with Gasteiger partial charge in [0.1, 0.15) is 11.9 Å². The van der Waals surface area contributed by atoms with Gasteiger partial charge in [0, 0.05) is 5.56 Å². The van der Waals surface area contributed by atoms with Crippen LogP contribution in [0, 0.1) is 46.7 Å². The van der Waals surface area contributed by atoms with Gasteiger partial charge in [-0.15, -0.1) is 0 Å². The standard InChI is InChI=1S/C30H32FN/c1-2-3-22-6-12-25(13-7-22)26-14-8-23(9-15-26)4-5-24-10-16-27(17-11-24)28-18-19-29(21-32)30(31)20-28/h8,10-11,16-20,22,25-26H,2-3,6-7,9,12-15H2,1H3. The number of allylic oxidation sites excluding steroid dienone is 2. The molecule has 0 aliphatic heterocycles. The smallest absolute Gasteiger partial charge is 0.141 e. The second-order valence-electron chi connectivity index (χ2n) is 9.47. The third-order valence-electron chi connectivity index (χ3n) is 7.38. The Hall–Kier alpha value is -2.84. The lowest BCUT2D eigenvalue weighted by atomic mass is 9.71. The molecule has 1 atom stereocenters. The molecule has 0 aromatic heterocycles. The van der Waals surface area contributed by atoms with Crippen LogP contribution in [0.4, 0.5) is 4.39 Å². The molecule has 4 rings (SSSR count). The Labute approximate surface area is 192 Å². The summed E-state index contributed by atoms with van der Waals surface area (Å²) in [6, 6.07) is 14.5. The molecule has 2 aliphatic carbocycles. The highest BCUT2D eigenvalue weighted by molar-refractivity contribution is 5.65. The van der Waals surface area contributed by atoms with Crippen LogP contribution in [-0.4, -0.2) is 0 Å². The van der Waals surface area contributed by atoms with Crippen LogP contribution in [0.15, 0.2) is 54.1 Å². The van der Waals surface area contributed by atoms with Crippen LogP contribution in [-0.2, 0) is 0 Å². The quantitative estimate of drug-likeness (QED) is 0.455. The molecule has 164 valence electrons. The summed E-state index contributed by atoms with van der Waals surface area (Å²) >= 11 is 0. The van der Waals surface area contributed by atoms with Gasteiger partial charge in [-0.1, -0.05) is 68.7 Å². The van der Waals surface area contributed by atoms with E-state index < -0.39 is 5.82 Å². The molecule has 1 unspecified atom stereocenters. The molecule has 2 heteroatoms. The third kappa shape index (κ3) is 5.49. The fourth-order valence-corrected chi connectivity index (χ4v) is 5.44. The van der Waals surface area contributed by atoms with E-state index in [1.807, 2.05) is 30.3 Å². The van der Waals surface area contributed by atoms with Gasteiger partial charge in [0.15, 0.2) is 0 Å². The number of hydrogen-bond acceptors (Lipinski definition) is 1. The highest BCUT2D eigenvalue weighted by atomic mass is 19.1. The summed E-state index contributed by atoms with van der Waals surface area (Å²) in [4.78, 5) is 0. The first-order chi connectivity index (χ1) is 15.7. The molecule has 0 bridgehead atoms. The van der Waals surface area contributed by atoms with E-state index in [9.17, 15) is 4.39 Å². The summed E-state index contributed by atoms with van der Waals surface area (Å²) in [7, 11) is 0. The van der Waals surface area contributed by atoms with Crippen LogP contribution < -0.4 is 0 Å². The number of hydrogen-bond donors (Lipinski definition) is 0. The van der Waals surface area contributed by atoms with Gasteiger partial charge in [-0.05, 0) is 90.8 Å². The predicted molar refractivity (Wildman–Crippen MR) is 129 cm³/mol. The van der Waals surface area contributed by atoms with Crippen molar-refractivity contribution in [1.82, 2.24) is 0 Å². The van der Waals surface area contributed by atoms with E-state index in [4.69, 9.17) is 5.26 Å². The Kier molecular flexibility index (Phi) is 7.44. The van der Waals surface area contributed by atoms with Crippen molar-refractivity contribution in [2.45, 2.75) is 64.7 Å². The van der Waals surface area contributed by atoms with E-state index in [2.05, 4.69) is 24.8 Å². The summed E-state index contributed by atoms with van der Waals surface area (Å²) in [6.45, 7) is 2.31. The molecule has 0 N–H and O–H groups in total. The first kappa shape index (κ1) is 22.4. The minimum atomic E-state index is -0.481. The highest BCUT2D eigenvalue weighted by Gasteiger charge is 2.28. The minimum absolute atomic E-state index is 0.0726. The summed E-state index contributed by atoms with van der Waals surface area (Å²) in [5.41, 5.74) is 4.01. The maximum atomic E-state index is 13.9. The summed E-state index contributed by atoms with van der Waals surface area (Å²) in [5.74, 6) is 8.97. The minimum Gasteiger partial charge on any atom is -0.206 e. The van der Waals surface area contributed by atoms with Crippen molar-refractivity contribution >= 4 is 0 Å². The Bertz CT molecular complexity index is 1050. The Morgan fingerprint density at radius 2 is 1.66 bits per heavy atom. The second-order valence-corrected chi connectivity index (χ2v) is 9.47. The number of halogens is 1. The normalized spacial score (nSPS) is 22.9. The lowest BCUT2D eigenvalue weighted by molar-refractivity contribution is 0.187. The average Bonchev–Trinajstić information content (AvgIpc) is 2.84. The van der Waals surface area contributed by atoms with Gasteiger partial charge in [0.25, 0.3) is 0 Å². The fraction of sp³-hybridized carbons (Fsp3) is 0.433. The monoisotopic (exact) mass is 425 g/mol. The zero-order chi connectivity index (χ0) is 22.3. The molecule has 2 aromatic carbocycles. The number of nitrogens with zero attached hydrogens (tertiary/aromatic N) is 1. The van der Waals surface area contributed by atoms with E-state index in [0.29, 0.717) is 0 Å². The van der Waals surface area contributed by atoms with Crippen LogP contribution in [0.1, 0.15) is 75.8 Å². The van der Waals surface area contributed by atoms with Crippen molar-refractivity contribution < 1.29 is 4.39 Å². The fourth-order valence-electron chi connectivity index (χ4n) is 5.44. The van der Waals surface area contributed by atoms with E-state index in [0.717, 1.165) is 40.9 Å². The zero-order valence-electron chi connectivity index (χ0n) is 19.0. The van der Waals surface area contributed by atoms with Gasteiger partial charge in [-0.2, -0.15) is 5.26 Å². The van der Waals surface area contributed by atoms with Crippen LogP contribution in [0.3, 0.4) is 0 Å². The topological polar surface area (TPSA) is 23.8 Å². The molecular formula is C30H32FN. The van der Waals surface area contributed by atoms with Gasteiger partial charge in [0.2, 0.25) is 0 Å². The molecular weight excluding hydrogens is 393 g/mol. The molecule has 1 saturated carbocycles. The van der Waals surface area contributed by atoms with Gasteiger partial charge in [-0.25, -0.2) is 4.39 Å². The lowest BCUT2D eigenvalue weighted by Crippen LogP contribution is -2.23. The van der Waals surface area contributed by atoms with E-state index in [-0.39, 0.29) is 5.56 Å². The third-order valence-corrected chi connectivity index (χ3v) is 7.38. The lowest BCUT2D eigenvalue weighted by Gasteiger charge is -2.35. The number of nitriles is 1. The molecule has 0 spiro atoms. The summed E-state index contributed by atoms with van der Waals surface area (Å²) in [5, 5.41) is 8.88. The molecule has 2 aromatic rings. The molecule has 0 saturated heterocycles. The largest absolute Gasteiger partial charge is 0.206 e. The zero-order valence-corrected chi connectivity index (χ0v) is 19.0. The van der Waals surface area contributed by atoms with Crippen molar-refractivity contribution in [3.05, 3.63) is 71.1 Å². The van der Waals surface area contributed by atoms with Gasteiger partial charge in [-0.3, -0.25) is 0 Å². The van der Waals surface area contributed by atoms with Crippen LogP contribution >= 0.6 is 0 Å². The van der Waals surface area contributed by atoms with Gasteiger partial charge < -0.3 is 0 Å². The SMILES string of the molecule is CCCC1CCC(C2CC=C(C#Cc3ccc(-c4ccc(C#N)c(F)c4)cc3)CC2)CC1. The molecule has 0 radical (unpaired) electrons. The molecule has 2 aliphatic rings. The highest BCUT2D eigenvalue weighted by Crippen LogP contribution is 2.40. The van der Waals surface area contributed by atoms with E-state index in [1.165, 1.54) is 69.1 Å². The maximum Gasteiger partial charge on any atom is 0.141 e. The van der Waals surface area contributed by atoms with Crippen LogP contribution in [0.25, 0.3) is 11.1 Å². The molecule has 32 heavy (non-hydrogen) atoms. The molecule has 1 nitrogen and oxygen atoms in total. The van der Waals surface area contributed by atoms with Gasteiger partial charge >= 0.3 is 0 Å². The first-order valence-corrected chi connectivity index (χ1v) is 12.2. The van der Waals surface area contributed by atoms with Gasteiger partial charge in [0.05, 0.1) is 5.56 Å². The van der Waals surface area contributed by atoms with E-state index in [1.54, 1.807) is 6.07 Å². The second kappa shape index (κ2) is 10.7. The molecule has 1 fully saturated rings. The summed E-state index contributed by atoms with van der Waals surface area (Å²) < 4.78 is 13.9. The number of benzene rings is 2. The van der Waals surface area contributed by atoms with Crippen molar-refractivity contribution in [1.29, 1.82) is 5.26 Å². The Balaban J connectivity index is 1.33. The van der Waals surface area contributed by atoms with E-state index >= 15 is 0 Å². The average molecular weight is 426 g/mol. The number of rotatable bonds is 4. The summed E-state index contributed by atoms with van der Waals surface area (Å²) in [6.07, 6.45) is 14.5. The first-order valence-electron chi connectivity index (χ1n) is 12.2. The van der Waals surface area contributed by atoms with Crippen molar-refractivity contribution in [3.63, 3.8) is 0 Å². The molecule has 0 heterocycles.